The number of aromatic amines is 1. The zero-order valence-electron chi connectivity index (χ0n) is 15.6. The Morgan fingerprint density at radius 2 is 1.84 bits per heavy atom. The second-order valence-corrected chi connectivity index (χ2v) is 6.81. The van der Waals surface area contributed by atoms with Crippen LogP contribution < -0.4 is 10.6 Å². The molecule has 10 nitrogen and oxygen atoms in total. The lowest BCUT2D eigenvalue weighted by Crippen LogP contribution is -2.19. The van der Waals surface area contributed by atoms with Crippen LogP contribution in [0.15, 0.2) is 60.8 Å². The van der Waals surface area contributed by atoms with E-state index in [2.05, 4.69) is 25.8 Å². The predicted octanol–water partition coefficient (Wildman–Crippen LogP) is 4.02. The number of rotatable bonds is 5. The first-order valence-electron chi connectivity index (χ1n) is 8.88. The van der Waals surface area contributed by atoms with Crippen LogP contribution in [-0.4, -0.2) is 31.9 Å². The molecule has 4 rings (SSSR count). The van der Waals surface area contributed by atoms with Gasteiger partial charge in [-0.3, -0.25) is 24.8 Å². The summed E-state index contributed by atoms with van der Waals surface area (Å²) >= 11 is 5.80. The number of H-pyrrole nitrogens is 1. The fourth-order valence-electron chi connectivity index (χ4n) is 2.89. The maximum Gasteiger partial charge on any atom is 0.276 e. The number of hydrogen-bond donors (Lipinski definition) is 3. The zero-order chi connectivity index (χ0) is 22.0. The van der Waals surface area contributed by atoms with Gasteiger partial charge < -0.3 is 10.6 Å². The third kappa shape index (κ3) is 4.19. The number of pyridine rings is 1. The minimum Gasteiger partial charge on any atom is -0.320 e. The summed E-state index contributed by atoms with van der Waals surface area (Å²) in [5.74, 6) is -0.828. The van der Waals surface area contributed by atoms with Crippen LogP contribution in [0.1, 0.15) is 20.8 Å². The number of non-ortho nitro benzene ring substituents is 1. The van der Waals surface area contributed by atoms with Gasteiger partial charge in [-0.05, 0) is 30.3 Å². The number of anilines is 2. The van der Waals surface area contributed by atoms with E-state index in [0.717, 1.165) is 0 Å². The molecule has 0 bridgehead atoms. The third-order valence-electron chi connectivity index (χ3n) is 4.36. The van der Waals surface area contributed by atoms with Crippen LogP contribution >= 0.6 is 11.6 Å². The number of para-hydroxylation sites is 1. The van der Waals surface area contributed by atoms with Gasteiger partial charge in [0.15, 0.2) is 5.69 Å². The van der Waals surface area contributed by atoms with Crippen molar-refractivity contribution >= 4 is 51.5 Å². The summed E-state index contributed by atoms with van der Waals surface area (Å²) in [5, 5.41) is 23.6. The first kappa shape index (κ1) is 20.0. The average molecular weight is 437 g/mol. The van der Waals surface area contributed by atoms with Crippen molar-refractivity contribution in [2.75, 3.05) is 10.6 Å². The maximum atomic E-state index is 12.8. The van der Waals surface area contributed by atoms with Gasteiger partial charge in [-0.15, -0.1) is 0 Å². The summed E-state index contributed by atoms with van der Waals surface area (Å²) in [6.45, 7) is 0. The quantitative estimate of drug-likeness (QED) is 0.318. The summed E-state index contributed by atoms with van der Waals surface area (Å²) in [5.41, 5.74) is 0.695. The molecule has 31 heavy (non-hydrogen) atoms. The zero-order valence-corrected chi connectivity index (χ0v) is 16.4. The van der Waals surface area contributed by atoms with E-state index >= 15 is 0 Å². The van der Waals surface area contributed by atoms with E-state index in [4.69, 9.17) is 11.6 Å². The molecular formula is C20H13ClN6O4. The first-order valence-corrected chi connectivity index (χ1v) is 9.26. The van der Waals surface area contributed by atoms with Crippen molar-refractivity contribution in [3.63, 3.8) is 0 Å². The number of carbonyl (C=O) groups excluding carboxylic acids is 2. The Morgan fingerprint density at radius 1 is 1.03 bits per heavy atom. The molecule has 4 aromatic rings. The molecule has 2 aromatic carbocycles. The Bertz CT molecular complexity index is 1320. The molecule has 2 aromatic heterocycles. The largest absolute Gasteiger partial charge is 0.320 e. The monoisotopic (exact) mass is 436 g/mol. The van der Waals surface area contributed by atoms with Crippen LogP contribution in [-0.2, 0) is 0 Å². The molecule has 0 fully saturated rings. The van der Waals surface area contributed by atoms with Gasteiger partial charge in [0.1, 0.15) is 5.82 Å². The van der Waals surface area contributed by atoms with E-state index in [1.54, 1.807) is 30.3 Å². The van der Waals surface area contributed by atoms with Crippen molar-refractivity contribution in [3.05, 3.63) is 87.2 Å². The molecule has 0 aliphatic rings. The van der Waals surface area contributed by atoms with Crippen molar-refractivity contribution < 1.29 is 14.5 Å². The fourth-order valence-corrected chi connectivity index (χ4v) is 3.01. The van der Waals surface area contributed by atoms with E-state index in [9.17, 15) is 19.7 Å². The van der Waals surface area contributed by atoms with Crippen molar-refractivity contribution in [1.82, 2.24) is 15.2 Å². The fraction of sp³-hybridized carbons (Fsp3) is 0. The number of benzene rings is 2. The minimum absolute atomic E-state index is 0.0340. The van der Waals surface area contributed by atoms with E-state index in [1.807, 2.05) is 0 Å². The van der Waals surface area contributed by atoms with E-state index in [0.29, 0.717) is 21.7 Å². The normalized spacial score (nSPS) is 10.6. The number of nitrogens with one attached hydrogen (secondary N) is 3. The molecule has 154 valence electrons. The highest BCUT2D eigenvalue weighted by Crippen LogP contribution is 2.24. The molecule has 0 atom stereocenters. The summed E-state index contributed by atoms with van der Waals surface area (Å²) < 4.78 is 0. The molecule has 3 N–H and O–H groups in total. The highest BCUT2D eigenvalue weighted by atomic mass is 35.5. The van der Waals surface area contributed by atoms with Crippen LogP contribution in [0.25, 0.3) is 10.9 Å². The lowest BCUT2D eigenvalue weighted by molar-refractivity contribution is -0.384. The molecule has 0 aliphatic heterocycles. The summed E-state index contributed by atoms with van der Waals surface area (Å²) in [6, 6.07) is 13.6. The minimum atomic E-state index is -0.628. The lowest BCUT2D eigenvalue weighted by atomic mass is 10.1. The maximum absolute atomic E-state index is 12.8. The van der Waals surface area contributed by atoms with Gasteiger partial charge in [0.25, 0.3) is 17.5 Å². The van der Waals surface area contributed by atoms with Gasteiger partial charge in [0.2, 0.25) is 0 Å². The van der Waals surface area contributed by atoms with Gasteiger partial charge in [0.05, 0.1) is 26.7 Å². The SMILES string of the molecule is O=C(Nc1ccc(Cl)cn1)c1ccccc1NC(=O)c1n[nH]c2ccc([N+](=O)[O-])cc12. The van der Waals surface area contributed by atoms with Gasteiger partial charge >= 0.3 is 0 Å². The van der Waals surface area contributed by atoms with Crippen molar-refractivity contribution in [2.24, 2.45) is 0 Å². The molecule has 0 aliphatic carbocycles. The standard InChI is InChI=1S/C20H13ClN6O4/c21-11-5-8-17(22-10-11)24-19(28)13-3-1-2-4-15(13)23-20(29)18-14-9-12(27(30)31)6-7-16(14)25-26-18/h1-10H,(H,23,29)(H,25,26)(H,22,24,28). The van der Waals surface area contributed by atoms with Crippen LogP contribution in [0.5, 0.6) is 0 Å². The molecule has 0 unspecified atom stereocenters. The van der Waals surface area contributed by atoms with E-state index < -0.39 is 16.7 Å². The number of nitro benzene ring substituents is 1. The van der Waals surface area contributed by atoms with Crippen LogP contribution in [0.4, 0.5) is 17.2 Å². The van der Waals surface area contributed by atoms with Gasteiger partial charge in [-0.1, -0.05) is 23.7 Å². The number of halogens is 1. The molecular weight excluding hydrogens is 424 g/mol. The highest BCUT2D eigenvalue weighted by Gasteiger charge is 2.20. The highest BCUT2D eigenvalue weighted by molar-refractivity contribution is 6.30. The molecule has 0 saturated heterocycles. The Labute approximate surface area is 179 Å². The average Bonchev–Trinajstić information content (AvgIpc) is 3.19. The first-order chi connectivity index (χ1) is 14.9. The summed E-state index contributed by atoms with van der Waals surface area (Å²) in [7, 11) is 0. The number of nitrogens with zero attached hydrogens (tertiary/aromatic N) is 3. The summed E-state index contributed by atoms with van der Waals surface area (Å²) in [4.78, 5) is 40.0. The number of aromatic nitrogens is 3. The van der Waals surface area contributed by atoms with E-state index in [-0.39, 0.29) is 22.6 Å². The second-order valence-electron chi connectivity index (χ2n) is 6.37. The Balaban J connectivity index is 1.60. The van der Waals surface area contributed by atoms with Gasteiger partial charge in [-0.25, -0.2) is 4.98 Å². The number of fused-ring (bicyclic) bond motifs is 1. The Morgan fingerprint density at radius 3 is 2.58 bits per heavy atom. The molecule has 2 amide bonds. The van der Waals surface area contributed by atoms with Gasteiger partial charge in [0, 0.05) is 23.7 Å². The number of hydrogen-bond acceptors (Lipinski definition) is 6. The Hall–Kier alpha value is -4.31. The molecule has 0 spiro atoms. The van der Waals surface area contributed by atoms with Crippen LogP contribution in [0, 0.1) is 10.1 Å². The molecule has 11 heteroatoms. The van der Waals surface area contributed by atoms with Crippen molar-refractivity contribution in [1.29, 1.82) is 0 Å². The Kier molecular flexibility index (Phi) is 5.29. The van der Waals surface area contributed by atoms with Crippen LogP contribution in [0.2, 0.25) is 5.02 Å². The smallest absolute Gasteiger partial charge is 0.276 e. The van der Waals surface area contributed by atoms with Crippen molar-refractivity contribution in [3.8, 4) is 0 Å². The van der Waals surface area contributed by atoms with E-state index in [1.165, 1.54) is 30.5 Å². The topological polar surface area (TPSA) is 143 Å². The number of carbonyl (C=O) groups is 2. The number of amides is 2. The third-order valence-corrected chi connectivity index (χ3v) is 4.58. The predicted molar refractivity (Wildman–Crippen MR) is 114 cm³/mol. The number of nitro groups is 1. The molecule has 2 heterocycles. The van der Waals surface area contributed by atoms with Crippen LogP contribution in [0.3, 0.4) is 0 Å². The summed E-state index contributed by atoms with van der Waals surface area (Å²) in [6.07, 6.45) is 1.40. The second kappa shape index (κ2) is 8.20. The van der Waals surface area contributed by atoms with Gasteiger partial charge in [-0.2, -0.15) is 5.10 Å². The lowest BCUT2D eigenvalue weighted by Gasteiger charge is -2.10. The van der Waals surface area contributed by atoms with Crippen molar-refractivity contribution in [2.45, 2.75) is 0 Å². The molecule has 0 radical (unpaired) electrons. The molecule has 0 saturated carbocycles.